The third-order valence-corrected chi connectivity index (χ3v) is 4.78. The smallest absolute Gasteiger partial charge is 0.310 e. The lowest BCUT2D eigenvalue weighted by Gasteiger charge is -2.07. The summed E-state index contributed by atoms with van der Waals surface area (Å²) in [6.07, 6.45) is 3.58. The first-order chi connectivity index (χ1) is 12.6. The van der Waals surface area contributed by atoms with Crippen LogP contribution in [0.5, 0.6) is 0 Å². The summed E-state index contributed by atoms with van der Waals surface area (Å²) in [6.45, 7) is 4.28. The van der Waals surface area contributed by atoms with Crippen LogP contribution in [0.4, 0.5) is 0 Å². The number of carbonyl (C=O) groups is 1. The number of hydrogen-bond acceptors (Lipinski definition) is 4. The second-order valence-corrected chi connectivity index (χ2v) is 6.47. The monoisotopic (exact) mass is 345 g/mol. The van der Waals surface area contributed by atoms with Crippen LogP contribution in [-0.2, 0) is 22.6 Å². The van der Waals surface area contributed by atoms with Crippen molar-refractivity contribution in [2.75, 3.05) is 0 Å². The molecule has 4 nitrogen and oxygen atoms in total. The first-order valence-corrected chi connectivity index (χ1v) is 8.58. The fraction of sp³-hybridized carbons (Fsp3) is 0.182. The number of rotatable bonds is 4. The predicted molar refractivity (Wildman–Crippen MR) is 101 cm³/mol. The first-order valence-electron chi connectivity index (χ1n) is 8.58. The van der Waals surface area contributed by atoms with Crippen molar-refractivity contribution in [1.82, 2.24) is 4.98 Å². The Morgan fingerprint density at radius 2 is 1.92 bits per heavy atom. The van der Waals surface area contributed by atoms with E-state index in [-0.39, 0.29) is 19.0 Å². The van der Waals surface area contributed by atoms with Gasteiger partial charge in [0.05, 0.1) is 18.2 Å². The van der Waals surface area contributed by atoms with Crippen LogP contribution in [0.1, 0.15) is 22.3 Å². The molecule has 0 atom stereocenters. The third kappa shape index (κ3) is 2.94. The molecular weight excluding hydrogens is 326 g/mol. The molecule has 0 aliphatic rings. The van der Waals surface area contributed by atoms with Gasteiger partial charge in [-0.2, -0.15) is 0 Å². The minimum Gasteiger partial charge on any atom is -0.464 e. The van der Waals surface area contributed by atoms with E-state index in [0.717, 1.165) is 38.6 Å². The maximum Gasteiger partial charge on any atom is 0.310 e. The van der Waals surface area contributed by atoms with Crippen molar-refractivity contribution in [2.24, 2.45) is 0 Å². The molecule has 0 saturated heterocycles. The number of fused-ring (bicyclic) bond motifs is 2. The van der Waals surface area contributed by atoms with Crippen LogP contribution in [0.15, 0.2) is 59.3 Å². The molecule has 0 saturated carbocycles. The number of aromatic nitrogens is 1. The summed E-state index contributed by atoms with van der Waals surface area (Å²) >= 11 is 0. The van der Waals surface area contributed by atoms with E-state index in [1.165, 1.54) is 5.56 Å². The largest absolute Gasteiger partial charge is 0.464 e. The van der Waals surface area contributed by atoms with Gasteiger partial charge in [-0.15, -0.1) is 0 Å². The number of nitrogens with zero attached hydrogens (tertiary/aromatic N) is 1. The van der Waals surface area contributed by atoms with E-state index in [4.69, 9.17) is 9.15 Å². The summed E-state index contributed by atoms with van der Waals surface area (Å²) in [7, 11) is 0. The Bertz CT molecular complexity index is 1110. The Morgan fingerprint density at radius 1 is 1.08 bits per heavy atom. The summed E-state index contributed by atoms with van der Waals surface area (Å²) in [5.74, 6) is -0.279. The number of ether oxygens (including phenoxy) is 1. The summed E-state index contributed by atoms with van der Waals surface area (Å²) < 4.78 is 11.2. The topological polar surface area (TPSA) is 52.3 Å². The Hall–Kier alpha value is -3.14. The molecule has 0 spiro atoms. The van der Waals surface area contributed by atoms with Gasteiger partial charge in [-0.05, 0) is 31.0 Å². The summed E-state index contributed by atoms with van der Waals surface area (Å²) in [5.41, 5.74) is 5.73. The number of carbonyl (C=O) groups excluding carboxylic acids is 1. The second-order valence-electron chi connectivity index (χ2n) is 6.47. The lowest BCUT2D eigenvalue weighted by molar-refractivity contribution is -0.144. The Balaban J connectivity index is 1.50. The van der Waals surface area contributed by atoms with Crippen LogP contribution in [0.2, 0.25) is 0 Å². The van der Waals surface area contributed by atoms with E-state index in [2.05, 4.69) is 4.98 Å². The zero-order chi connectivity index (χ0) is 18.1. The molecule has 0 aliphatic carbocycles. The average molecular weight is 345 g/mol. The summed E-state index contributed by atoms with van der Waals surface area (Å²) in [6, 6.07) is 13.8. The van der Waals surface area contributed by atoms with E-state index in [1.807, 2.05) is 56.3 Å². The summed E-state index contributed by atoms with van der Waals surface area (Å²) in [5, 5.41) is 2.00. The molecule has 0 amide bonds. The number of esters is 1. The van der Waals surface area contributed by atoms with Gasteiger partial charge in [0.15, 0.2) is 0 Å². The van der Waals surface area contributed by atoms with Crippen LogP contribution < -0.4 is 0 Å². The summed E-state index contributed by atoms with van der Waals surface area (Å²) in [4.78, 5) is 16.7. The molecule has 26 heavy (non-hydrogen) atoms. The van der Waals surface area contributed by atoms with Crippen LogP contribution >= 0.6 is 0 Å². The maximum atomic E-state index is 12.3. The Morgan fingerprint density at radius 3 is 2.81 bits per heavy atom. The zero-order valence-electron chi connectivity index (χ0n) is 14.8. The lowest BCUT2D eigenvalue weighted by atomic mass is 10.0. The molecule has 2 aromatic heterocycles. The lowest BCUT2D eigenvalue weighted by Crippen LogP contribution is -2.08. The van der Waals surface area contributed by atoms with E-state index in [9.17, 15) is 4.79 Å². The van der Waals surface area contributed by atoms with Gasteiger partial charge in [0.25, 0.3) is 0 Å². The molecule has 0 unspecified atom stereocenters. The minimum atomic E-state index is -0.279. The highest BCUT2D eigenvalue weighted by atomic mass is 16.5. The SMILES string of the molecule is Cc1ccc2c(CC(=O)OCc3cccc4cccnc34)coc2c1C. The van der Waals surface area contributed by atoms with Crippen molar-refractivity contribution in [3.05, 3.63) is 77.2 Å². The highest BCUT2D eigenvalue weighted by molar-refractivity contribution is 5.88. The molecule has 0 fully saturated rings. The van der Waals surface area contributed by atoms with Gasteiger partial charge in [-0.1, -0.05) is 36.4 Å². The van der Waals surface area contributed by atoms with E-state index >= 15 is 0 Å². The van der Waals surface area contributed by atoms with E-state index in [1.54, 1.807) is 12.5 Å². The number of furan rings is 1. The molecule has 0 bridgehead atoms. The number of benzene rings is 2. The normalized spacial score (nSPS) is 11.2. The Labute approximate surface area is 151 Å². The molecule has 2 heterocycles. The van der Waals surface area contributed by atoms with Crippen LogP contribution in [-0.4, -0.2) is 11.0 Å². The number of aryl methyl sites for hydroxylation is 2. The van der Waals surface area contributed by atoms with Crippen LogP contribution in [0, 0.1) is 13.8 Å². The number of hydrogen-bond donors (Lipinski definition) is 0. The molecule has 0 N–H and O–H groups in total. The molecule has 2 aromatic carbocycles. The highest BCUT2D eigenvalue weighted by Crippen LogP contribution is 2.27. The zero-order valence-corrected chi connectivity index (χ0v) is 14.8. The van der Waals surface area contributed by atoms with E-state index < -0.39 is 0 Å². The second kappa shape index (κ2) is 6.64. The van der Waals surface area contributed by atoms with Crippen LogP contribution in [0.3, 0.4) is 0 Å². The van der Waals surface area contributed by atoms with Gasteiger partial charge in [0.1, 0.15) is 12.2 Å². The maximum absolute atomic E-state index is 12.3. The molecule has 0 aliphatic heterocycles. The predicted octanol–water partition coefficient (Wildman–Crippen LogP) is 4.88. The van der Waals surface area contributed by atoms with Gasteiger partial charge in [-0.25, -0.2) is 0 Å². The van der Waals surface area contributed by atoms with Crippen molar-refractivity contribution in [2.45, 2.75) is 26.9 Å². The molecule has 130 valence electrons. The molecule has 4 aromatic rings. The van der Waals surface area contributed by atoms with Gasteiger partial charge < -0.3 is 9.15 Å². The van der Waals surface area contributed by atoms with Crippen LogP contribution in [0.25, 0.3) is 21.9 Å². The third-order valence-electron chi connectivity index (χ3n) is 4.78. The quantitative estimate of drug-likeness (QED) is 0.495. The van der Waals surface area contributed by atoms with Crippen molar-refractivity contribution in [3.63, 3.8) is 0 Å². The molecule has 0 radical (unpaired) electrons. The number of pyridine rings is 1. The molecule has 4 rings (SSSR count). The van der Waals surface area contributed by atoms with Crippen molar-refractivity contribution < 1.29 is 13.9 Å². The van der Waals surface area contributed by atoms with Gasteiger partial charge in [0.2, 0.25) is 0 Å². The van der Waals surface area contributed by atoms with Gasteiger partial charge in [0, 0.05) is 28.1 Å². The fourth-order valence-corrected chi connectivity index (χ4v) is 3.17. The average Bonchev–Trinajstić information content (AvgIpc) is 3.06. The fourth-order valence-electron chi connectivity index (χ4n) is 3.17. The van der Waals surface area contributed by atoms with Crippen molar-refractivity contribution in [3.8, 4) is 0 Å². The van der Waals surface area contributed by atoms with E-state index in [0.29, 0.717) is 0 Å². The minimum absolute atomic E-state index is 0.188. The molecule has 4 heteroatoms. The van der Waals surface area contributed by atoms with Gasteiger partial charge >= 0.3 is 5.97 Å². The Kier molecular flexibility index (Phi) is 4.17. The number of para-hydroxylation sites is 1. The molecular formula is C22H19NO3. The standard InChI is InChI=1S/C22H19NO3/c1-14-8-9-19-18(13-26-22(19)15(14)2)11-20(24)25-12-17-6-3-5-16-7-4-10-23-21(16)17/h3-10,13H,11-12H2,1-2H3. The highest BCUT2D eigenvalue weighted by Gasteiger charge is 2.14. The van der Waals surface area contributed by atoms with Crippen molar-refractivity contribution >= 4 is 27.8 Å². The van der Waals surface area contributed by atoms with Crippen molar-refractivity contribution in [1.29, 1.82) is 0 Å². The van der Waals surface area contributed by atoms with Gasteiger partial charge in [-0.3, -0.25) is 9.78 Å². The first kappa shape index (κ1) is 16.3.